The first-order valence-electron chi connectivity index (χ1n) is 10.2. The van der Waals surface area contributed by atoms with Gasteiger partial charge in [0.05, 0.1) is 13.5 Å². The van der Waals surface area contributed by atoms with Crippen LogP contribution in [0.3, 0.4) is 0 Å². The highest BCUT2D eigenvalue weighted by molar-refractivity contribution is 5.72. The van der Waals surface area contributed by atoms with Gasteiger partial charge in [0.1, 0.15) is 0 Å². The van der Waals surface area contributed by atoms with Crippen molar-refractivity contribution in [2.24, 2.45) is 0 Å². The number of esters is 1. The van der Waals surface area contributed by atoms with Gasteiger partial charge in [-0.3, -0.25) is 9.69 Å². The Morgan fingerprint density at radius 1 is 1.11 bits per heavy atom. The minimum Gasteiger partial charge on any atom is -0.469 e. The van der Waals surface area contributed by atoms with Crippen LogP contribution in [0.1, 0.15) is 59.9 Å². The molecule has 28 heavy (non-hydrogen) atoms. The van der Waals surface area contributed by atoms with E-state index in [0.717, 1.165) is 29.3 Å². The summed E-state index contributed by atoms with van der Waals surface area (Å²) in [4.78, 5) is 14.0. The maximum atomic E-state index is 11.4. The summed E-state index contributed by atoms with van der Waals surface area (Å²) in [7, 11) is 1.41. The first-order chi connectivity index (χ1) is 13.7. The minimum absolute atomic E-state index is 0.223. The third-order valence-electron chi connectivity index (χ3n) is 5.85. The Morgan fingerprint density at radius 3 is 2.50 bits per heavy atom. The van der Waals surface area contributed by atoms with Crippen LogP contribution in [0.25, 0.3) is 0 Å². The number of carbonyl (C=O) groups excluding carboxylic acids is 1. The van der Waals surface area contributed by atoms with Crippen molar-refractivity contribution >= 4 is 5.97 Å². The Hall–Kier alpha value is -2.57. The SMILES string of the molecule is CCC1CN(C2CC2)Cc2ccc(C#Cc3ccc(CC(=O)OC)cc3)cc21. The fraction of sp³-hybridized carbons (Fsp3) is 0.400. The zero-order chi connectivity index (χ0) is 19.5. The van der Waals surface area contributed by atoms with Crippen LogP contribution in [0, 0.1) is 11.8 Å². The number of hydrogen-bond acceptors (Lipinski definition) is 3. The molecule has 0 amide bonds. The molecule has 0 saturated heterocycles. The lowest BCUT2D eigenvalue weighted by molar-refractivity contribution is -0.139. The molecule has 0 spiro atoms. The van der Waals surface area contributed by atoms with E-state index in [1.165, 1.54) is 44.0 Å². The Kier molecular flexibility index (Phi) is 5.50. The number of benzene rings is 2. The second kappa shape index (κ2) is 8.20. The van der Waals surface area contributed by atoms with Crippen molar-refractivity contribution < 1.29 is 9.53 Å². The highest BCUT2D eigenvalue weighted by atomic mass is 16.5. The fourth-order valence-corrected chi connectivity index (χ4v) is 4.02. The van der Waals surface area contributed by atoms with Gasteiger partial charge in [-0.05, 0) is 66.1 Å². The number of carbonyl (C=O) groups is 1. The van der Waals surface area contributed by atoms with Crippen molar-refractivity contribution in [3.8, 4) is 11.8 Å². The molecule has 1 unspecified atom stereocenters. The molecule has 3 nitrogen and oxygen atoms in total. The van der Waals surface area contributed by atoms with Crippen LogP contribution in [0.4, 0.5) is 0 Å². The maximum absolute atomic E-state index is 11.4. The van der Waals surface area contributed by atoms with E-state index in [1.54, 1.807) is 0 Å². The van der Waals surface area contributed by atoms with E-state index >= 15 is 0 Å². The molecule has 4 rings (SSSR count). The summed E-state index contributed by atoms with van der Waals surface area (Å²) in [6, 6.07) is 15.4. The van der Waals surface area contributed by atoms with Gasteiger partial charge < -0.3 is 4.74 Å². The molecule has 3 heteroatoms. The van der Waals surface area contributed by atoms with E-state index in [1.807, 2.05) is 24.3 Å². The predicted molar refractivity (Wildman–Crippen MR) is 111 cm³/mol. The molecular weight excluding hydrogens is 346 g/mol. The van der Waals surface area contributed by atoms with Gasteiger partial charge >= 0.3 is 5.97 Å². The van der Waals surface area contributed by atoms with Crippen molar-refractivity contribution in [1.82, 2.24) is 4.90 Å². The molecule has 1 aliphatic heterocycles. The van der Waals surface area contributed by atoms with Crippen molar-refractivity contribution in [2.75, 3.05) is 13.7 Å². The van der Waals surface area contributed by atoms with Crippen LogP contribution in [0.5, 0.6) is 0 Å². The average Bonchev–Trinajstić information content (AvgIpc) is 3.57. The van der Waals surface area contributed by atoms with Crippen LogP contribution in [0.2, 0.25) is 0 Å². The number of rotatable bonds is 4. The van der Waals surface area contributed by atoms with Crippen LogP contribution >= 0.6 is 0 Å². The van der Waals surface area contributed by atoms with Gasteiger partial charge in [-0.2, -0.15) is 0 Å². The Bertz CT molecular complexity index is 916. The zero-order valence-electron chi connectivity index (χ0n) is 16.7. The van der Waals surface area contributed by atoms with E-state index in [-0.39, 0.29) is 5.97 Å². The summed E-state index contributed by atoms with van der Waals surface area (Å²) in [5.74, 6) is 6.96. The molecule has 2 aromatic carbocycles. The lowest BCUT2D eigenvalue weighted by Gasteiger charge is -2.34. The predicted octanol–water partition coefficient (Wildman–Crippen LogP) is 4.27. The van der Waals surface area contributed by atoms with Crippen LogP contribution < -0.4 is 0 Å². The van der Waals surface area contributed by atoms with Gasteiger partial charge in [0, 0.05) is 30.3 Å². The van der Waals surface area contributed by atoms with E-state index in [4.69, 9.17) is 4.74 Å². The van der Waals surface area contributed by atoms with Gasteiger partial charge in [0.2, 0.25) is 0 Å². The molecule has 2 aliphatic rings. The maximum Gasteiger partial charge on any atom is 0.309 e. The number of hydrogen-bond donors (Lipinski definition) is 0. The highest BCUT2D eigenvalue weighted by Gasteiger charge is 2.34. The Labute approximate surface area is 167 Å². The summed E-state index contributed by atoms with van der Waals surface area (Å²) >= 11 is 0. The molecule has 144 valence electrons. The Morgan fingerprint density at radius 2 is 1.82 bits per heavy atom. The first-order valence-corrected chi connectivity index (χ1v) is 10.2. The smallest absolute Gasteiger partial charge is 0.309 e. The van der Waals surface area contributed by atoms with Crippen molar-refractivity contribution in [3.63, 3.8) is 0 Å². The van der Waals surface area contributed by atoms with E-state index < -0.39 is 0 Å². The number of ether oxygens (including phenoxy) is 1. The molecule has 1 aliphatic carbocycles. The molecule has 1 fully saturated rings. The monoisotopic (exact) mass is 373 g/mol. The van der Waals surface area contributed by atoms with Gasteiger partial charge in [-0.1, -0.05) is 37.0 Å². The first kappa shape index (κ1) is 18.8. The molecule has 1 heterocycles. The second-order valence-corrected chi connectivity index (χ2v) is 7.88. The summed E-state index contributed by atoms with van der Waals surface area (Å²) in [5.41, 5.74) is 5.94. The second-order valence-electron chi connectivity index (χ2n) is 7.88. The fourth-order valence-electron chi connectivity index (χ4n) is 4.02. The van der Waals surface area contributed by atoms with Crippen LogP contribution in [0.15, 0.2) is 42.5 Å². The molecule has 2 aromatic rings. The van der Waals surface area contributed by atoms with Crippen molar-refractivity contribution in [1.29, 1.82) is 0 Å². The topological polar surface area (TPSA) is 29.5 Å². The van der Waals surface area contributed by atoms with Gasteiger partial charge in [-0.25, -0.2) is 0 Å². The molecule has 0 bridgehead atoms. The number of methoxy groups -OCH3 is 1. The number of fused-ring (bicyclic) bond motifs is 1. The summed E-state index contributed by atoms with van der Waals surface area (Å²) < 4.78 is 4.71. The zero-order valence-corrected chi connectivity index (χ0v) is 16.7. The van der Waals surface area contributed by atoms with Gasteiger partial charge in [0.25, 0.3) is 0 Å². The molecule has 0 N–H and O–H groups in total. The lowest BCUT2D eigenvalue weighted by Crippen LogP contribution is -2.35. The number of nitrogens with zero attached hydrogens (tertiary/aromatic N) is 1. The van der Waals surface area contributed by atoms with E-state index in [2.05, 4.69) is 41.9 Å². The molecule has 0 radical (unpaired) electrons. The van der Waals surface area contributed by atoms with Crippen molar-refractivity contribution in [3.05, 3.63) is 70.3 Å². The third-order valence-corrected chi connectivity index (χ3v) is 5.85. The third kappa shape index (κ3) is 4.29. The molecule has 1 saturated carbocycles. The molecule has 0 aromatic heterocycles. The standard InChI is InChI=1S/C25H27NO2/c1-3-21-16-26(23-12-13-23)17-22-11-10-19(14-24(21)22)7-4-18-5-8-20(9-6-18)15-25(27)28-2/h5-6,8-11,14,21,23H,3,12-13,15-17H2,1-2H3. The lowest BCUT2D eigenvalue weighted by atomic mass is 9.86. The summed E-state index contributed by atoms with van der Waals surface area (Å²) in [5, 5.41) is 0. The largest absolute Gasteiger partial charge is 0.469 e. The normalized spacial score (nSPS) is 18.7. The van der Waals surface area contributed by atoms with E-state index in [0.29, 0.717) is 12.3 Å². The van der Waals surface area contributed by atoms with Gasteiger partial charge in [-0.15, -0.1) is 0 Å². The van der Waals surface area contributed by atoms with E-state index in [9.17, 15) is 4.79 Å². The molecular formula is C25H27NO2. The van der Waals surface area contributed by atoms with Crippen LogP contribution in [-0.4, -0.2) is 30.6 Å². The van der Waals surface area contributed by atoms with Gasteiger partial charge in [0.15, 0.2) is 0 Å². The average molecular weight is 373 g/mol. The van der Waals surface area contributed by atoms with Crippen molar-refractivity contribution in [2.45, 2.75) is 51.1 Å². The summed E-state index contributed by atoms with van der Waals surface area (Å²) in [6.07, 6.45) is 4.21. The van der Waals surface area contributed by atoms with Crippen LogP contribution in [-0.2, 0) is 22.5 Å². The highest BCUT2D eigenvalue weighted by Crippen LogP contribution is 2.37. The molecule has 1 atom stereocenters. The minimum atomic E-state index is -0.223. The summed E-state index contributed by atoms with van der Waals surface area (Å²) in [6.45, 7) is 4.57. The quantitative estimate of drug-likeness (QED) is 0.592. The Balaban J connectivity index is 1.50.